The number of nitro groups is 1. The van der Waals surface area contributed by atoms with E-state index in [1.54, 1.807) is 31.2 Å². The van der Waals surface area contributed by atoms with Gasteiger partial charge in [-0.05, 0) is 24.5 Å². The molecule has 2 aromatic rings. The molecule has 1 atom stereocenters. The molecule has 0 spiro atoms. The fraction of sp³-hybridized carbons (Fsp3) is 0.391. The molecule has 0 aliphatic heterocycles. The second kappa shape index (κ2) is 11.6. The van der Waals surface area contributed by atoms with Gasteiger partial charge in [-0.3, -0.25) is 24.0 Å². The smallest absolute Gasteiger partial charge is 0.271 e. The van der Waals surface area contributed by atoms with Gasteiger partial charge in [-0.25, -0.2) is 8.42 Å². The molecule has 0 saturated heterocycles. The second-order valence-electron chi connectivity index (χ2n) is 8.37. The lowest BCUT2D eigenvalue weighted by Gasteiger charge is -2.31. The van der Waals surface area contributed by atoms with Crippen LogP contribution in [-0.2, 0) is 26.2 Å². The minimum Gasteiger partial charge on any atom is -0.354 e. The number of hydrogen-bond acceptors (Lipinski definition) is 6. The van der Waals surface area contributed by atoms with E-state index in [4.69, 9.17) is 0 Å². The van der Waals surface area contributed by atoms with Crippen LogP contribution in [0.15, 0.2) is 54.6 Å². The zero-order valence-electron chi connectivity index (χ0n) is 19.7. The summed E-state index contributed by atoms with van der Waals surface area (Å²) < 4.78 is 25.8. The lowest BCUT2D eigenvalue weighted by molar-refractivity contribution is -0.384. The van der Waals surface area contributed by atoms with E-state index in [9.17, 15) is 28.1 Å². The van der Waals surface area contributed by atoms with Crippen LogP contribution in [0.4, 0.5) is 11.4 Å². The number of nitrogens with one attached hydrogen (secondary N) is 1. The summed E-state index contributed by atoms with van der Waals surface area (Å²) in [7, 11) is -3.97. The second-order valence-corrected chi connectivity index (χ2v) is 10.3. The number of nitro benzene ring substituents is 1. The highest BCUT2D eigenvalue weighted by Crippen LogP contribution is 2.23. The van der Waals surface area contributed by atoms with Crippen molar-refractivity contribution in [1.82, 2.24) is 10.2 Å². The van der Waals surface area contributed by atoms with Gasteiger partial charge in [0.2, 0.25) is 21.8 Å². The van der Waals surface area contributed by atoms with Crippen molar-refractivity contribution in [3.63, 3.8) is 0 Å². The van der Waals surface area contributed by atoms with Gasteiger partial charge in [0.25, 0.3) is 5.69 Å². The Balaban J connectivity index is 2.38. The molecule has 184 valence electrons. The number of benzene rings is 2. The van der Waals surface area contributed by atoms with E-state index in [1.807, 2.05) is 19.9 Å². The zero-order valence-corrected chi connectivity index (χ0v) is 20.5. The van der Waals surface area contributed by atoms with Crippen molar-refractivity contribution in [1.29, 1.82) is 0 Å². The molecule has 0 fully saturated rings. The van der Waals surface area contributed by atoms with Gasteiger partial charge >= 0.3 is 0 Å². The predicted octanol–water partition coefficient (Wildman–Crippen LogP) is 2.55. The SMILES string of the molecule is CC(C)CNC(=O)C(C)N(Cc1ccccc1)C(=O)CN(c1cccc([N+](=O)[O-])c1)S(C)(=O)=O. The number of anilines is 1. The molecule has 2 amide bonds. The molecule has 0 radical (unpaired) electrons. The minimum absolute atomic E-state index is 0.0124. The molecule has 11 heteroatoms. The number of sulfonamides is 1. The highest BCUT2D eigenvalue weighted by Gasteiger charge is 2.30. The van der Waals surface area contributed by atoms with Crippen LogP contribution < -0.4 is 9.62 Å². The van der Waals surface area contributed by atoms with Crippen molar-refractivity contribution in [2.45, 2.75) is 33.4 Å². The molecule has 2 aromatic carbocycles. The molecule has 0 heterocycles. The molecule has 1 N–H and O–H groups in total. The number of carbonyl (C=O) groups is 2. The van der Waals surface area contributed by atoms with Crippen molar-refractivity contribution >= 4 is 33.2 Å². The molecule has 0 saturated carbocycles. The molecular formula is C23H30N4O6S. The van der Waals surface area contributed by atoms with Crippen molar-refractivity contribution in [2.24, 2.45) is 5.92 Å². The van der Waals surface area contributed by atoms with Crippen LogP contribution in [0.5, 0.6) is 0 Å². The lowest BCUT2D eigenvalue weighted by Crippen LogP contribution is -2.51. The monoisotopic (exact) mass is 490 g/mol. The van der Waals surface area contributed by atoms with E-state index in [-0.39, 0.29) is 29.7 Å². The van der Waals surface area contributed by atoms with E-state index in [2.05, 4.69) is 5.32 Å². The van der Waals surface area contributed by atoms with Crippen LogP contribution in [0.2, 0.25) is 0 Å². The summed E-state index contributed by atoms with van der Waals surface area (Å²) in [6.45, 7) is 5.37. The third-order valence-electron chi connectivity index (χ3n) is 5.06. The van der Waals surface area contributed by atoms with Gasteiger partial charge in [0.15, 0.2) is 0 Å². The Morgan fingerprint density at radius 3 is 2.26 bits per heavy atom. The van der Waals surface area contributed by atoms with Crippen molar-refractivity contribution < 1.29 is 22.9 Å². The first-order valence-corrected chi connectivity index (χ1v) is 12.6. The van der Waals surface area contributed by atoms with Crippen LogP contribution >= 0.6 is 0 Å². The van der Waals surface area contributed by atoms with Gasteiger partial charge in [-0.2, -0.15) is 0 Å². The highest BCUT2D eigenvalue weighted by atomic mass is 32.2. The summed E-state index contributed by atoms with van der Waals surface area (Å²) in [5.41, 5.74) is 0.448. The highest BCUT2D eigenvalue weighted by molar-refractivity contribution is 7.92. The molecule has 2 rings (SSSR count). The van der Waals surface area contributed by atoms with Crippen LogP contribution in [0.1, 0.15) is 26.3 Å². The Bertz CT molecular complexity index is 1120. The predicted molar refractivity (Wildman–Crippen MR) is 130 cm³/mol. The van der Waals surface area contributed by atoms with Crippen molar-refractivity contribution in [2.75, 3.05) is 23.7 Å². The molecule has 34 heavy (non-hydrogen) atoms. The van der Waals surface area contributed by atoms with Gasteiger partial charge in [-0.1, -0.05) is 50.2 Å². The normalized spacial score (nSPS) is 12.1. The van der Waals surface area contributed by atoms with Crippen LogP contribution in [0.25, 0.3) is 0 Å². The maximum absolute atomic E-state index is 13.4. The molecule has 0 aliphatic rings. The number of amides is 2. The zero-order chi connectivity index (χ0) is 25.5. The molecule has 10 nitrogen and oxygen atoms in total. The fourth-order valence-corrected chi connectivity index (χ4v) is 4.03. The van der Waals surface area contributed by atoms with Gasteiger partial charge in [0.1, 0.15) is 12.6 Å². The minimum atomic E-state index is -3.97. The first-order valence-electron chi connectivity index (χ1n) is 10.7. The Morgan fingerprint density at radius 2 is 1.71 bits per heavy atom. The quantitative estimate of drug-likeness (QED) is 0.381. The molecular weight excluding hydrogens is 460 g/mol. The Labute approximate surface area is 199 Å². The average molecular weight is 491 g/mol. The summed E-state index contributed by atoms with van der Waals surface area (Å²) in [5, 5.41) is 13.9. The standard InChI is InChI=1S/C23H30N4O6S/c1-17(2)14-24-23(29)18(3)25(15-19-9-6-5-7-10-19)22(28)16-26(34(4,32)33)20-11-8-12-21(13-20)27(30)31/h5-13,17-18H,14-16H2,1-4H3,(H,24,29). The summed E-state index contributed by atoms with van der Waals surface area (Å²) in [5.74, 6) is -0.767. The summed E-state index contributed by atoms with van der Waals surface area (Å²) in [4.78, 5) is 37.9. The number of nitrogens with zero attached hydrogens (tertiary/aromatic N) is 3. The van der Waals surface area contributed by atoms with E-state index >= 15 is 0 Å². The molecule has 1 unspecified atom stereocenters. The number of non-ortho nitro benzene ring substituents is 1. The first-order chi connectivity index (χ1) is 15.9. The van der Waals surface area contributed by atoms with E-state index in [0.717, 1.165) is 22.2 Å². The third kappa shape index (κ3) is 7.55. The maximum atomic E-state index is 13.4. The van der Waals surface area contributed by atoms with Gasteiger partial charge in [-0.15, -0.1) is 0 Å². The molecule has 0 aliphatic carbocycles. The van der Waals surface area contributed by atoms with Gasteiger partial charge in [0.05, 0.1) is 16.9 Å². The lowest BCUT2D eigenvalue weighted by atomic mass is 10.1. The van der Waals surface area contributed by atoms with Crippen molar-refractivity contribution in [3.05, 3.63) is 70.3 Å². The topological polar surface area (TPSA) is 130 Å². The van der Waals surface area contributed by atoms with E-state index < -0.39 is 33.4 Å². The molecule has 0 bridgehead atoms. The summed E-state index contributed by atoms with van der Waals surface area (Å²) >= 11 is 0. The number of carbonyl (C=O) groups excluding carboxylic acids is 2. The van der Waals surface area contributed by atoms with E-state index in [1.165, 1.54) is 23.1 Å². The number of hydrogen-bond donors (Lipinski definition) is 1. The Morgan fingerprint density at radius 1 is 1.06 bits per heavy atom. The van der Waals surface area contributed by atoms with E-state index in [0.29, 0.717) is 6.54 Å². The molecule has 0 aromatic heterocycles. The third-order valence-corrected chi connectivity index (χ3v) is 6.20. The van der Waals surface area contributed by atoms with Gasteiger partial charge < -0.3 is 10.2 Å². The van der Waals surface area contributed by atoms with Crippen molar-refractivity contribution in [3.8, 4) is 0 Å². The number of rotatable bonds is 11. The Kier molecular flexibility index (Phi) is 9.13. The largest absolute Gasteiger partial charge is 0.354 e. The maximum Gasteiger partial charge on any atom is 0.271 e. The average Bonchev–Trinajstić information content (AvgIpc) is 2.78. The fourth-order valence-electron chi connectivity index (χ4n) is 3.19. The van der Waals surface area contributed by atoms with Gasteiger partial charge in [0, 0.05) is 25.2 Å². The van der Waals surface area contributed by atoms with Crippen LogP contribution in [-0.4, -0.2) is 55.4 Å². The first kappa shape index (κ1) is 26.8. The van der Waals surface area contributed by atoms with Crippen LogP contribution in [0, 0.1) is 16.0 Å². The Hall–Kier alpha value is -3.47. The summed E-state index contributed by atoms with van der Waals surface area (Å²) in [6.07, 6.45) is 0.916. The summed E-state index contributed by atoms with van der Waals surface area (Å²) in [6, 6.07) is 13.2. The van der Waals surface area contributed by atoms with Crippen LogP contribution in [0.3, 0.4) is 0 Å².